The van der Waals surface area contributed by atoms with E-state index in [4.69, 9.17) is 10.5 Å². The van der Waals surface area contributed by atoms with Gasteiger partial charge in [0.05, 0.1) is 7.11 Å². The number of phenols is 1. The van der Waals surface area contributed by atoms with E-state index in [-0.39, 0.29) is 11.8 Å². The second-order valence-corrected chi connectivity index (χ2v) is 3.15. The summed E-state index contributed by atoms with van der Waals surface area (Å²) in [6.45, 7) is 1.89. The molecule has 0 fully saturated rings. The van der Waals surface area contributed by atoms with Gasteiger partial charge in [-0.05, 0) is 24.6 Å². The van der Waals surface area contributed by atoms with Gasteiger partial charge >= 0.3 is 0 Å². The number of ether oxygens (including phenoxy) is 1. The SMILES string of the molecule is COc1ccc(/C=C/C(C)N)cc1O. The monoisotopic (exact) mass is 193 g/mol. The topological polar surface area (TPSA) is 55.5 Å². The van der Waals surface area contributed by atoms with Gasteiger partial charge in [0.15, 0.2) is 11.5 Å². The third kappa shape index (κ3) is 2.78. The summed E-state index contributed by atoms with van der Waals surface area (Å²) in [5, 5.41) is 9.47. The molecule has 1 atom stereocenters. The van der Waals surface area contributed by atoms with Crippen molar-refractivity contribution in [2.24, 2.45) is 5.73 Å². The molecule has 0 aromatic heterocycles. The van der Waals surface area contributed by atoms with E-state index in [0.29, 0.717) is 5.75 Å². The fourth-order valence-electron chi connectivity index (χ4n) is 1.07. The van der Waals surface area contributed by atoms with E-state index < -0.39 is 0 Å². The molecule has 0 aliphatic heterocycles. The lowest BCUT2D eigenvalue weighted by Gasteiger charge is -2.03. The maximum atomic E-state index is 9.47. The Balaban J connectivity index is 2.86. The fourth-order valence-corrected chi connectivity index (χ4v) is 1.07. The highest BCUT2D eigenvalue weighted by Gasteiger charge is 1.99. The minimum atomic E-state index is 0.0132. The summed E-state index contributed by atoms with van der Waals surface area (Å²) in [7, 11) is 1.52. The van der Waals surface area contributed by atoms with Crippen molar-refractivity contribution in [3.63, 3.8) is 0 Å². The molecule has 3 nitrogen and oxygen atoms in total. The van der Waals surface area contributed by atoms with E-state index in [0.717, 1.165) is 5.56 Å². The molecule has 0 radical (unpaired) electrons. The van der Waals surface area contributed by atoms with Crippen molar-refractivity contribution in [1.29, 1.82) is 0 Å². The highest BCUT2D eigenvalue weighted by atomic mass is 16.5. The second-order valence-electron chi connectivity index (χ2n) is 3.15. The number of rotatable bonds is 3. The lowest BCUT2D eigenvalue weighted by Crippen LogP contribution is -2.09. The molecular weight excluding hydrogens is 178 g/mol. The van der Waals surface area contributed by atoms with Crippen LogP contribution < -0.4 is 10.5 Å². The lowest BCUT2D eigenvalue weighted by molar-refractivity contribution is 0.373. The molecule has 1 rings (SSSR count). The van der Waals surface area contributed by atoms with E-state index in [1.54, 1.807) is 12.1 Å². The summed E-state index contributed by atoms with van der Waals surface area (Å²) in [4.78, 5) is 0. The fraction of sp³-hybridized carbons (Fsp3) is 0.273. The Morgan fingerprint density at radius 3 is 2.71 bits per heavy atom. The molecule has 0 aliphatic carbocycles. The van der Waals surface area contributed by atoms with Crippen molar-refractivity contribution in [3.05, 3.63) is 29.8 Å². The zero-order valence-corrected chi connectivity index (χ0v) is 8.40. The van der Waals surface area contributed by atoms with Crippen molar-refractivity contribution >= 4 is 6.08 Å². The summed E-state index contributed by atoms with van der Waals surface area (Å²) >= 11 is 0. The van der Waals surface area contributed by atoms with Crippen LogP contribution in [-0.4, -0.2) is 18.3 Å². The molecule has 0 spiro atoms. The van der Waals surface area contributed by atoms with E-state index in [9.17, 15) is 5.11 Å². The first-order valence-corrected chi connectivity index (χ1v) is 4.44. The van der Waals surface area contributed by atoms with Gasteiger partial charge in [0.2, 0.25) is 0 Å². The molecule has 0 bridgehead atoms. The van der Waals surface area contributed by atoms with E-state index in [1.807, 2.05) is 25.1 Å². The molecule has 0 saturated heterocycles. The summed E-state index contributed by atoms with van der Waals surface area (Å²) < 4.78 is 4.93. The maximum Gasteiger partial charge on any atom is 0.160 e. The van der Waals surface area contributed by atoms with Crippen LogP contribution in [0, 0.1) is 0 Å². The number of phenolic OH excluding ortho intramolecular Hbond substituents is 1. The number of methoxy groups -OCH3 is 1. The molecule has 0 saturated carbocycles. The summed E-state index contributed by atoms with van der Waals surface area (Å²) in [6, 6.07) is 5.23. The first kappa shape index (κ1) is 10.6. The van der Waals surface area contributed by atoms with Gasteiger partial charge < -0.3 is 15.6 Å². The number of nitrogens with two attached hydrogens (primary N) is 1. The molecule has 14 heavy (non-hydrogen) atoms. The standard InChI is InChI=1S/C11H15NO2/c1-8(12)3-4-9-5-6-11(14-2)10(13)7-9/h3-8,13H,12H2,1-2H3/b4-3+. The molecule has 3 N–H and O–H groups in total. The third-order valence-electron chi connectivity index (χ3n) is 1.80. The van der Waals surface area contributed by atoms with Gasteiger partial charge in [-0.15, -0.1) is 0 Å². The predicted octanol–water partition coefficient (Wildman–Crippen LogP) is 1.76. The van der Waals surface area contributed by atoms with Gasteiger partial charge in [0, 0.05) is 6.04 Å². The van der Waals surface area contributed by atoms with Gasteiger partial charge in [-0.3, -0.25) is 0 Å². The van der Waals surface area contributed by atoms with Crippen LogP contribution in [0.5, 0.6) is 11.5 Å². The predicted molar refractivity (Wildman–Crippen MR) is 57.3 cm³/mol. The number of benzene rings is 1. The quantitative estimate of drug-likeness (QED) is 0.769. The molecule has 0 heterocycles. The number of hydrogen-bond acceptors (Lipinski definition) is 3. The van der Waals surface area contributed by atoms with Gasteiger partial charge in [-0.2, -0.15) is 0 Å². The first-order chi connectivity index (χ1) is 6.63. The van der Waals surface area contributed by atoms with Crippen molar-refractivity contribution in [1.82, 2.24) is 0 Å². The lowest BCUT2D eigenvalue weighted by atomic mass is 10.1. The average Bonchev–Trinajstić information content (AvgIpc) is 2.15. The number of hydrogen-bond donors (Lipinski definition) is 2. The number of aromatic hydroxyl groups is 1. The maximum absolute atomic E-state index is 9.47. The summed E-state index contributed by atoms with van der Waals surface area (Å²) in [5.41, 5.74) is 6.46. The van der Waals surface area contributed by atoms with Crippen LogP contribution in [-0.2, 0) is 0 Å². The largest absolute Gasteiger partial charge is 0.504 e. The van der Waals surface area contributed by atoms with Crippen molar-refractivity contribution in [2.45, 2.75) is 13.0 Å². The minimum absolute atomic E-state index is 0.0132. The molecular formula is C11H15NO2. The highest BCUT2D eigenvalue weighted by Crippen LogP contribution is 2.26. The van der Waals surface area contributed by atoms with E-state index >= 15 is 0 Å². The minimum Gasteiger partial charge on any atom is -0.504 e. The molecule has 0 amide bonds. The van der Waals surface area contributed by atoms with E-state index in [2.05, 4.69) is 0 Å². The summed E-state index contributed by atoms with van der Waals surface area (Å²) in [5.74, 6) is 0.613. The van der Waals surface area contributed by atoms with Gasteiger partial charge in [-0.1, -0.05) is 18.2 Å². The third-order valence-corrected chi connectivity index (χ3v) is 1.80. The zero-order chi connectivity index (χ0) is 10.6. The van der Waals surface area contributed by atoms with Crippen LogP contribution in [0.1, 0.15) is 12.5 Å². The molecule has 1 aromatic rings. The normalized spacial score (nSPS) is 13.1. The Morgan fingerprint density at radius 2 is 2.21 bits per heavy atom. The Bertz CT molecular complexity index is 332. The van der Waals surface area contributed by atoms with Gasteiger partial charge in [-0.25, -0.2) is 0 Å². The molecule has 76 valence electrons. The van der Waals surface area contributed by atoms with Crippen molar-refractivity contribution in [3.8, 4) is 11.5 Å². The van der Waals surface area contributed by atoms with Crippen LogP contribution in [0.2, 0.25) is 0 Å². The Morgan fingerprint density at radius 1 is 1.50 bits per heavy atom. The summed E-state index contributed by atoms with van der Waals surface area (Å²) in [6.07, 6.45) is 3.73. The van der Waals surface area contributed by atoms with Gasteiger partial charge in [0.25, 0.3) is 0 Å². The molecule has 1 unspecified atom stereocenters. The average molecular weight is 193 g/mol. The molecule has 1 aromatic carbocycles. The van der Waals surface area contributed by atoms with Crippen LogP contribution >= 0.6 is 0 Å². The second kappa shape index (κ2) is 4.67. The van der Waals surface area contributed by atoms with Crippen molar-refractivity contribution in [2.75, 3.05) is 7.11 Å². The van der Waals surface area contributed by atoms with E-state index in [1.165, 1.54) is 7.11 Å². The highest BCUT2D eigenvalue weighted by molar-refractivity contribution is 5.55. The molecule has 0 aliphatic rings. The smallest absolute Gasteiger partial charge is 0.160 e. The van der Waals surface area contributed by atoms with Crippen LogP contribution in [0.15, 0.2) is 24.3 Å². The van der Waals surface area contributed by atoms with Crippen LogP contribution in [0.3, 0.4) is 0 Å². The van der Waals surface area contributed by atoms with Crippen molar-refractivity contribution < 1.29 is 9.84 Å². The van der Waals surface area contributed by atoms with Gasteiger partial charge in [0.1, 0.15) is 0 Å². The first-order valence-electron chi connectivity index (χ1n) is 4.44. The zero-order valence-electron chi connectivity index (χ0n) is 8.40. The Labute approximate surface area is 83.8 Å². The Kier molecular flexibility index (Phi) is 3.54. The van der Waals surface area contributed by atoms with Crippen LogP contribution in [0.4, 0.5) is 0 Å². The van der Waals surface area contributed by atoms with Crippen LogP contribution in [0.25, 0.3) is 6.08 Å². The Hall–Kier alpha value is -1.48. The molecule has 3 heteroatoms.